The fourth-order valence-corrected chi connectivity index (χ4v) is 2.61. The summed E-state index contributed by atoms with van der Waals surface area (Å²) in [6.45, 7) is 6.54. The van der Waals surface area contributed by atoms with Crippen molar-refractivity contribution in [1.29, 1.82) is 0 Å². The lowest BCUT2D eigenvalue weighted by atomic mass is 9.86. The number of aliphatic hydroxyl groups excluding tert-OH is 2. The Morgan fingerprint density at radius 2 is 2.00 bits per heavy atom. The molecule has 1 amide bonds. The fraction of sp³-hybridized carbons (Fsp3) is 0.588. The number of benzene rings is 1. The van der Waals surface area contributed by atoms with Gasteiger partial charge in [0, 0.05) is 25.6 Å². The van der Waals surface area contributed by atoms with E-state index >= 15 is 0 Å². The lowest BCUT2D eigenvalue weighted by Crippen LogP contribution is -2.53. The van der Waals surface area contributed by atoms with E-state index in [4.69, 9.17) is 9.84 Å². The molecule has 0 spiro atoms. The molecule has 1 heterocycles. The molecule has 0 radical (unpaired) electrons. The minimum absolute atomic E-state index is 0.00682. The minimum atomic E-state index is -0.624. The molecule has 5 heteroatoms. The van der Waals surface area contributed by atoms with E-state index in [0.29, 0.717) is 19.5 Å². The zero-order valence-electron chi connectivity index (χ0n) is 13.5. The molecule has 22 heavy (non-hydrogen) atoms. The van der Waals surface area contributed by atoms with Crippen LogP contribution in [0.3, 0.4) is 0 Å². The van der Waals surface area contributed by atoms with Crippen LogP contribution in [0, 0.1) is 5.92 Å². The number of carbonyl (C=O) groups excluding carboxylic acids is 1. The van der Waals surface area contributed by atoms with Crippen LogP contribution in [0.25, 0.3) is 0 Å². The number of ether oxygens (including phenoxy) is 1. The summed E-state index contributed by atoms with van der Waals surface area (Å²) < 4.78 is 5.31. The van der Waals surface area contributed by atoms with Crippen molar-refractivity contribution >= 4 is 6.09 Å². The number of hydrogen-bond donors (Lipinski definition) is 2. The highest BCUT2D eigenvalue weighted by Gasteiger charge is 2.38. The fourth-order valence-electron chi connectivity index (χ4n) is 2.61. The van der Waals surface area contributed by atoms with Crippen LogP contribution in [-0.2, 0) is 11.2 Å². The van der Waals surface area contributed by atoms with Crippen molar-refractivity contribution in [2.75, 3.05) is 19.7 Å². The third-order valence-corrected chi connectivity index (χ3v) is 3.76. The average molecular weight is 307 g/mol. The number of nitrogens with zero attached hydrogens (tertiary/aromatic N) is 1. The van der Waals surface area contributed by atoms with Gasteiger partial charge in [0.15, 0.2) is 0 Å². The largest absolute Gasteiger partial charge is 0.444 e. The molecule has 0 bridgehead atoms. The molecule has 1 aromatic rings. The second-order valence-electron chi connectivity index (χ2n) is 6.76. The topological polar surface area (TPSA) is 70.0 Å². The van der Waals surface area contributed by atoms with Crippen molar-refractivity contribution in [3.05, 3.63) is 35.4 Å². The maximum Gasteiger partial charge on any atom is 0.410 e. The second kappa shape index (κ2) is 6.67. The van der Waals surface area contributed by atoms with Crippen LogP contribution in [0.5, 0.6) is 0 Å². The lowest BCUT2D eigenvalue weighted by Gasteiger charge is -2.42. The third kappa shape index (κ3) is 3.99. The predicted octanol–water partition coefficient (Wildman–Crippen LogP) is 2.12. The maximum absolute atomic E-state index is 11.9. The van der Waals surface area contributed by atoms with Gasteiger partial charge in [-0.25, -0.2) is 4.79 Å². The van der Waals surface area contributed by atoms with E-state index in [0.717, 1.165) is 11.1 Å². The molecule has 1 aliphatic heterocycles. The summed E-state index contributed by atoms with van der Waals surface area (Å²) in [5.41, 5.74) is 1.28. The maximum atomic E-state index is 11.9. The van der Waals surface area contributed by atoms with Crippen molar-refractivity contribution in [3.63, 3.8) is 0 Å². The quantitative estimate of drug-likeness (QED) is 0.894. The summed E-state index contributed by atoms with van der Waals surface area (Å²) in [6, 6.07) is 7.57. The summed E-state index contributed by atoms with van der Waals surface area (Å²) in [6.07, 6.45) is -0.434. The summed E-state index contributed by atoms with van der Waals surface area (Å²) in [5, 5.41) is 19.6. The smallest absolute Gasteiger partial charge is 0.410 e. The molecule has 1 aromatic carbocycles. The van der Waals surface area contributed by atoms with E-state index in [1.165, 1.54) is 0 Å². The van der Waals surface area contributed by atoms with Crippen LogP contribution in [0.2, 0.25) is 0 Å². The second-order valence-corrected chi connectivity index (χ2v) is 6.76. The molecule has 2 rings (SSSR count). The number of aliphatic hydroxyl groups is 2. The van der Waals surface area contributed by atoms with Crippen LogP contribution < -0.4 is 0 Å². The van der Waals surface area contributed by atoms with E-state index in [2.05, 4.69) is 0 Å². The molecule has 0 aliphatic carbocycles. The van der Waals surface area contributed by atoms with Crippen molar-refractivity contribution < 1.29 is 19.7 Å². The molecule has 0 saturated carbocycles. The van der Waals surface area contributed by atoms with Gasteiger partial charge < -0.3 is 19.8 Å². The SMILES string of the molecule is CC(C)(C)OC(=O)N1CC(C(O)c2ccccc2CCO)C1. The number of carbonyl (C=O) groups is 1. The van der Waals surface area contributed by atoms with Crippen LogP contribution >= 0.6 is 0 Å². The van der Waals surface area contributed by atoms with Gasteiger partial charge >= 0.3 is 6.09 Å². The summed E-state index contributed by atoms with van der Waals surface area (Å²) >= 11 is 0. The Morgan fingerprint density at radius 3 is 2.59 bits per heavy atom. The molecule has 122 valence electrons. The number of likely N-dealkylation sites (tertiary alicyclic amines) is 1. The first-order valence-corrected chi connectivity index (χ1v) is 7.66. The first kappa shape index (κ1) is 16.8. The van der Waals surface area contributed by atoms with Crippen LogP contribution in [0.15, 0.2) is 24.3 Å². The minimum Gasteiger partial charge on any atom is -0.444 e. The van der Waals surface area contributed by atoms with Gasteiger partial charge in [0.1, 0.15) is 5.60 Å². The first-order chi connectivity index (χ1) is 10.3. The van der Waals surface area contributed by atoms with Gasteiger partial charge in [-0.3, -0.25) is 0 Å². The Labute approximate surface area is 131 Å². The Bertz CT molecular complexity index is 518. The van der Waals surface area contributed by atoms with E-state index in [1.807, 2.05) is 45.0 Å². The molecule has 1 atom stereocenters. The lowest BCUT2D eigenvalue weighted by molar-refractivity contribution is -0.0316. The highest BCUT2D eigenvalue weighted by Crippen LogP contribution is 2.32. The molecule has 1 unspecified atom stereocenters. The molecule has 2 N–H and O–H groups in total. The number of amides is 1. The van der Waals surface area contributed by atoms with Crippen LogP contribution in [0.4, 0.5) is 4.79 Å². The molecule has 0 aromatic heterocycles. The van der Waals surface area contributed by atoms with E-state index in [9.17, 15) is 9.90 Å². The normalized spacial score (nSPS) is 17.0. The Morgan fingerprint density at radius 1 is 1.36 bits per heavy atom. The van der Waals surface area contributed by atoms with Crippen molar-refractivity contribution in [2.24, 2.45) is 5.92 Å². The van der Waals surface area contributed by atoms with Gasteiger partial charge in [0.25, 0.3) is 0 Å². The van der Waals surface area contributed by atoms with Crippen LogP contribution in [-0.4, -0.2) is 46.5 Å². The van der Waals surface area contributed by atoms with Gasteiger partial charge in [-0.1, -0.05) is 24.3 Å². The Hall–Kier alpha value is -1.59. The average Bonchev–Trinajstić information content (AvgIpc) is 2.35. The van der Waals surface area contributed by atoms with E-state index < -0.39 is 11.7 Å². The van der Waals surface area contributed by atoms with Crippen molar-refractivity contribution in [3.8, 4) is 0 Å². The van der Waals surface area contributed by atoms with Gasteiger partial charge in [-0.05, 0) is 38.3 Å². The predicted molar refractivity (Wildman–Crippen MR) is 83.5 cm³/mol. The molecule has 1 saturated heterocycles. The molecular weight excluding hydrogens is 282 g/mol. The summed E-state index contributed by atoms with van der Waals surface area (Å²) in [7, 11) is 0. The van der Waals surface area contributed by atoms with Gasteiger partial charge in [0.2, 0.25) is 0 Å². The van der Waals surface area contributed by atoms with E-state index in [-0.39, 0.29) is 18.6 Å². The number of hydrogen-bond acceptors (Lipinski definition) is 4. The van der Waals surface area contributed by atoms with Gasteiger partial charge in [-0.15, -0.1) is 0 Å². The molecule has 1 aliphatic rings. The molecule has 5 nitrogen and oxygen atoms in total. The molecule has 1 fully saturated rings. The highest BCUT2D eigenvalue weighted by molar-refractivity contribution is 5.69. The summed E-state index contributed by atoms with van der Waals surface area (Å²) in [4.78, 5) is 13.5. The zero-order chi connectivity index (χ0) is 16.3. The van der Waals surface area contributed by atoms with E-state index in [1.54, 1.807) is 4.90 Å². The van der Waals surface area contributed by atoms with Crippen LogP contribution in [0.1, 0.15) is 38.0 Å². The van der Waals surface area contributed by atoms with Crippen molar-refractivity contribution in [1.82, 2.24) is 4.90 Å². The zero-order valence-corrected chi connectivity index (χ0v) is 13.5. The molecular formula is C17H25NO4. The highest BCUT2D eigenvalue weighted by atomic mass is 16.6. The summed E-state index contributed by atoms with van der Waals surface area (Å²) in [5.74, 6) is 0.00682. The van der Waals surface area contributed by atoms with Gasteiger partial charge in [0.05, 0.1) is 6.10 Å². The monoisotopic (exact) mass is 307 g/mol. The Kier molecular flexibility index (Phi) is 5.08. The first-order valence-electron chi connectivity index (χ1n) is 7.66. The number of rotatable bonds is 4. The Balaban J connectivity index is 1.94. The van der Waals surface area contributed by atoms with Gasteiger partial charge in [-0.2, -0.15) is 0 Å². The van der Waals surface area contributed by atoms with Crippen molar-refractivity contribution in [2.45, 2.75) is 38.9 Å². The standard InChI is InChI=1S/C17H25NO4/c1-17(2,3)22-16(21)18-10-13(11-18)15(20)14-7-5-4-6-12(14)8-9-19/h4-7,13,15,19-20H,8-11H2,1-3H3. The third-order valence-electron chi connectivity index (χ3n) is 3.76.